The van der Waals surface area contributed by atoms with Crippen molar-refractivity contribution in [3.8, 4) is 0 Å². The molecule has 1 aliphatic rings. The molecule has 1 aromatic rings. The number of hydrogen-bond acceptors (Lipinski definition) is 2. The second kappa shape index (κ2) is 4.57. The maximum Gasteiger partial charge on any atom is 0.229 e. The summed E-state index contributed by atoms with van der Waals surface area (Å²) in [6.07, 6.45) is 7.40. The molecule has 0 saturated carbocycles. The van der Waals surface area contributed by atoms with E-state index >= 15 is 0 Å². The number of amides is 1. The fourth-order valence-electron chi connectivity index (χ4n) is 1.53. The highest BCUT2D eigenvalue weighted by Gasteiger charge is 2.19. The van der Waals surface area contributed by atoms with Gasteiger partial charge in [0.1, 0.15) is 5.82 Å². The Morgan fingerprint density at radius 1 is 1.47 bits per heavy atom. The number of pyridine rings is 1. The van der Waals surface area contributed by atoms with E-state index < -0.39 is 0 Å². The average molecular weight is 267 g/mol. The molecular formula is C11H11BrN2O. The van der Waals surface area contributed by atoms with Crippen LogP contribution in [0.25, 0.3) is 0 Å². The summed E-state index contributed by atoms with van der Waals surface area (Å²) in [7, 11) is 0. The third-order valence-corrected chi connectivity index (χ3v) is 3.02. The molecule has 78 valence electrons. The number of hydrogen-bond donors (Lipinski definition) is 1. The van der Waals surface area contributed by atoms with Crippen molar-refractivity contribution >= 4 is 27.7 Å². The van der Waals surface area contributed by atoms with Gasteiger partial charge in [-0.1, -0.05) is 12.2 Å². The largest absolute Gasteiger partial charge is 0.309 e. The summed E-state index contributed by atoms with van der Waals surface area (Å²) < 4.78 is 0.810. The Balaban J connectivity index is 2.02. The van der Waals surface area contributed by atoms with Crippen LogP contribution in [0.15, 0.2) is 35.0 Å². The molecule has 1 aromatic heterocycles. The Morgan fingerprint density at radius 2 is 2.20 bits per heavy atom. The van der Waals surface area contributed by atoms with Gasteiger partial charge < -0.3 is 5.32 Å². The summed E-state index contributed by atoms with van der Waals surface area (Å²) in [4.78, 5) is 15.8. The number of nitrogens with one attached hydrogen (secondary N) is 1. The molecule has 0 radical (unpaired) electrons. The molecule has 0 saturated heterocycles. The summed E-state index contributed by atoms with van der Waals surface area (Å²) in [6.45, 7) is 0. The fourth-order valence-corrected chi connectivity index (χ4v) is 1.88. The van der Waals surface area contributed by atoms with E-state index in [0.29, 0.717) is 5.82 Å². The monoisotopic (exact) mass is 266 g/mol. The number of nitrogens with zero attached hydrogens (tertiary/aromatic N) is 1. The number of aromatic nitrogens is 1. The highest BCUT2D eigenvalue weighted by molar-refractivity contribution is 9.10. The van der Waals surface area contributed by atoms with Gasteiger partial charge in [0.15, 0.2) is 0 Å². The van der Waals surface area contributed by atoms with Crippen molar-refractivity contribution < 1.29 is 4.79 Å². The average Bonchev–Trinajstić information content (AvgIpc) is 2.74. The number of rotatable bonds is 2. The molecule has 1 heterocycles. The Morgan fingerprint density at radius 3 is 2.87 bits per heavy atom. The van der Waals surface area contributed by atoms with Gasteiger partial charge >= 0.3 is 0 Å². The van der Waals surface area contributed by atoms with Gasteiger partial charge in [0.25, 0.3) is 0 Å². The molecule has 0 aliphatic heterocycles. The van der Waals surface area contributed by atoms with Crippen LogP contribution in [0.5, 0.6) is 0 Å². The molecule has 0 bridgehead atoms. The van der Waals surface area contributed by atoms with Crippen molar-refractivity contribution in [2.75, 3.05) is 5.32 Å². The summed E-state index contributed by atoms with van der Waals surface area (Å²) >= 11 is 3.34. The van der Waals surface area contributed by atoms with Crippen LogP contribution in [-0.4, -0.2) is 10.9 Å². The van der Waals surface area contributed by atoms with E-state index in [-0.39, 0.29) is 11.8 Å². The van der Waals surface area contributed by atoms with Gasteiger partial charge in [-0.15, -0.1) is 0 Å². The first kappa shape index (κ1) is 10.4. The maximum atomic E-state index is 11.8. The smallest absolute Gasteiger partial charge is 0.229 e. The van der Waals surface area contributed by atoms with Gasteiger partial charge in [-0.3, -0.25) is 4.79 Å². The zero-order valence-corrected chi connectivity index (χ0v) is 9.70. The van der Waals surface area contributed by atoms with E-state index in [1.807, 2.05) is 24.3 Å². The van der Waals surface area contributed by atoms with E-state index in [9.17, 15) is 4.79 Å². The first-order valence-electron chi connectivity index (χ1n) is 4.84. The number of anilines is 1. The molecule has 0 unspecified atom stereocenters. The van der Waals surface area contributed by atoms with Crippen molar-refractivity contribution in [2.45, 2.75) is 12.8 Å². The standard InChI is InChI=1S/C11H11BrN2O/c12-9-6-3-7-13-10(9)14-11(15)8-4-1-2-5-8/h1-3,6-8H,4-5H2,(H,13,14,15). The van der Waals surface area contributed by atoms with Gasteiger partial charge in [0.05, 0.1) is 4.47 Å². The molecule has 3 nitrogen and oxygen atoms in total. The third-order valence-electron chi connectivity index (χ3n) is 2.38. The summed E-state index contributed by atoms with van der Waals surface area (Å²) in [6, 6.07) is 3.67. The van der Waals surface area contributed by atoms with Crippen molar-refractivity contribution in [2.24, 2.45) is 5.92 Å². The van der Waals surface area contributed by atoms with Crippen molar-refractivity contribution in [3.05, 3.63) is 35.0 Å². The summed E-state index contributed by atoms with van der Waals surface area (Å²) in [5.41, 5.74) is 0. The van der Waals surface area contributed by atoms with Crippen LogP contribution < -0.4 is 5.32 Å². The minimum absolute atomic E-state index is 0.0411. The minimum atomic E-state index is 0.0411. The van der Waals surface area contributed by atoms with Crippen LogP contribution in [0, 0.1) is 5.92 Å². The normalized spacial score (nSPS) is 15.5. The van der Waals surface area contributed by atoms with Gasteiger partial charge in [-0.25, -0.2) is 4.98 Å². The quantitative estimate of drug-likeness (QED) is 0.837. The molecule has 0 atom stereocenters. The molecule has 0 spiro atoms. The van der Waals surface area contributed by atoms with Crippen LogP contribution in [0.3, 0.4) is 0 Å². The van der Waals surface area contributed by atoms with Gasteiger partial charge in [-0.05, 0) is 40.9 Å². The van der Waals surface area contributed by atoms with Gasteiger partial charge in [-0.2, -0.15) is 0 Å². The van der Waals surface area contributed by atoms with Crippen LogP contribution in [-0.2, 0) is 4.79 Å². The first-order valence-corrected chi connectivity index (χ1v) is 5.63. The highest BCUT2D eigenvalue weighted by Crippen LogP contribution is 2.22. The maximum absolute atomic E-state index is 11.8. The van der Waals surface area contributed by atoms with Gasteiger partial charge in [0, 0.05) is 12.1 Å². The van der Waals surface area contributed by atoms with E-state index in [2.05, 4.69) is 26.2 Å². The number of allylic oxidation sites excluding steroid dienone is 2. The molecule has 1 amide bonds. The van der Waals surface area contributed by atoms with Crippen LogP contribution in [0.4, 0.5) is 5.82 Å². The molecule has 0 aromatic carbocycles. The molecular weight excluding hydrogens is 256 g/mol. The molecule has 1 N–H and O–H groups in total. The molecule has 4 heteroatoms. The second-order valence-electron chi connectivity index (χ2n) is 3.46. The molecule has 15 heavy (non-hydrogen) atoms. The predicted octanol–water partition coefficient (Wildman–Crippen LogP) is 2.75. The first-order chi connectivity index (χ1) is 7.27. The lowest BCUT2D eigenvalue weighted by molar-refractivity contribution is -0.119. The van der Waals surface area contributed by atoms with Crippen molar-refractivity contribution in [1.82, 2.24) is 4.98 Å². The van der Waals surface area contributed by atoms with E-state index in [0.717, 1.165) is 17.3 Å². The molecule has 1 aliphatic carbocycles. The van der Waals surface area contributed by atoms with Crippen LogP contribution in [0.1, 0.15) is 12.8 Å². The second-order valence-corrected chi connectivity index (χ2v) is 4.32. The third kappa shape index (κ3) is 2.45. The zero-order chi connectivity index (χ0) is 10.7. The van der Waals surface area contributed by atoms with Gasteiger partial charge in [0.2, 0.25) is 5.91 Å². The lowest BCUT2D eigenvalue weighted by Gasteiger charge is -2.10. The SMILES string of the molecule is O=C(Nc1ncccc1Br)C1CC=CC1. The Hall–Kier alpha value is -1.16. The van der Waals surface area contributed by atoms with E-state index in [1.54, 1.807) is 6.20 Å². The van der Waals surface area contributed by atoms with E-state index in [1.165, 1.54) is 0 Å². The summed E-state index contributed by atoms with van der Waals surface area (Å²) in [5, 5.41) is 2.82. The highest BCUT2D eigenvalue weighted by atomic mass is 79.9. The van der Waals surface area contributed by atoms with Crippen LogP contribution >= 0.6 is 15.9 Å². The lowest BCUT2D eigenvalue weighted by atomic mass is 10.1. The topological polar surface area (TPSA) is 42.0 Å². The molecule has 2 rings (SSSR count). The molecule has 0 fully saturated rings. The zero-order valence-electron chi connectivity index (χ0n) is 8.11. The number of carbonyl (C=O) groups excluding carboxylic acids is 1. The van der Waals surface area contributed by atoms with E-state index in [4.69, 9.17) is 0 Å². The lowest BCUT2D eigenvalue weighted by Crippen LogP contribution is -2.21. The summed E-state index contributed by atoms with van der Waals surface area (Å²) in [5.74, 6) is 0.702. The fraction of sp³-hybridized carbons (Fsp3) is 0.273. The Kier molecular flexibility index (Phi) is 3.16. The Labute approximate surface area is 96.7 Å². The minimum Gasteiger partial charge on any atom is -0.309 e. The predicted molar refractivity (Wildman–Crippen MR) is 62.4 cm³/mol. The number of carbonyl (C=O) groups is 1. The van der Waals surface area contributed by atoms with Crippen molar-refractivity contribution in [1.29, 1.82) is 0 Å². The Bertz CT molecular complexity index is 395. The van der Waals surface area contributed by atoms with Crippen molar-refractivity contribution in [3.63, 3.8) is 0 Å². The number of halogens is 1. The van der Waals surface area contributed by atoms with Crippen LogP contribution in [0.2, 0.25) is 0 Å².